The van der Waals surface area contributed by atoms with Gasteiger partial charge in [0.05, 0.1) is 0 Å². The molecule has 4 N–H and O–H groups in total. The molecule has 0 spiro atoms. The molecular formula is C14H25N5. The molecule has 1 fully saturated rings. The van der Waals surface area contributed by atoms with Crippen LogP contribution in [0.15, 0.2) is 6.07 Å². The largest absolute Gasteiger partial charge is 0.367 e. The first-order valence-corrected chi connectivity index (χ1v) is 7.16. The van der Waals surface area contributed by atoms with Gasteiger partial charge in [-0.3, -0.25) is 0 Å². The molecule has 0 radical (unpaired) electrons. The Labute approximate surface area is 115 Å². The number of nitrogens with one attached hydrogen (secondary N) is 2. The van der Waals surface area contributed by atoms with Gasteiger partial charge in [0, 0.05) is 18.5 Å². The van der Waals surface area contributed by atoms with Crippen LogP contribution in [0, 0.1) is 5.41 Å². The Hall–Kier alpha value is -1.36. The zero-order valence-electron chi connectivity index (χ0n) is 12.2. The third-order valence-corrected chi connectivity index (χ3v) is 3.97. The van der Waals surface area contributed by atoms with Crippen molar-refractivity contribution in [3.8, 4) is 0 Å². The van der Waals surface area contributed by atoms with Crippen LogP contribution in [0.1, 0.15) is 52.3 Å². The number of rotatable bonds is 5. The van der Waals surface area contributed by atoms with E-state index in [-0.39, 0.29) is 0 Å². The van der Waals surface area contributed by atoms with Gasteiger partial charge in [0.15, 0.2) is 0 Å². The first kappa shape index (κ1) is 14.1. The lowest BCUT2D eigenvalue weighted by Crippen LogP contribution is -2.31. The Morgan fingerprint density at radius 1 is 1.37 bits per heavy atom. The van der Waals surface area contributed by atoms with Crippen molar-refractivity contribution in [1.82, 2.24) is 9.97 Å². The van der Waals surface area contributed by atoms with Crippen LogP contribution in [0.5, 0.6) is 0 Å². The molecule has 0 aliphatic heterocycles. The summed E-state index contributed by atoms with van der Waals surface area (Å²) in [5, 5.41) is 3.56. The van der Waals surface area contributed by atoms with Crippen LogP contribution < -0.4 is 16.6 Å². The molecule has 2 rings (SSSR count). The summed E-state index contributed by atoms with van der Waals surface area (Å²) >= 11 is 0. The summed E-state index contributed by atoms with van der Waals surface area (Å²) < 4.78 is 0. The van der Waals surface area contributed by atoms with E-state index >= 15 is 0 Å². The molecule has 0 saturated heterocycles. The highest BCUT2D eigenvalue weighted by atomic mass is 15.3. The van der Waals surface area contributed by atoms with E-state index < -0.39 is 0 Å². The van der Waals surface area contributed by atoms with Crippen LogP contribution in [-0.2, 0) is 6.42 Å². The summed E-state index contributed by atoms with van der Waals surface area (Å²) in [5.41, 5.74) is 2.95. The second kappa shape index (κ2) is 5.74. The van der Waals surface area contributed by atoms with Gasteiger partial charge in [-0.15, -0.1) is 0 Å². The Morgan fingerprint density at radius 3 is 2.68 bits per heavy atom. The molecule has 1 aliphatic rings. The van der Waals surface area contributed by atoms with E-state index in [1.165, 1.54) is 19.3 Å². The molecule has 106 valence electrons. The van der Waals surface area contributed by atoms with Crippen LogP contribution >= 0.6 is 0 Å². The van der Waals surface area contributed by atoms with Gasteiger partial charge in [0.25, 0.3) is 0 Å². The second-order valence-electron chi connectivity index (χ2n) is 6.03. The van der Waals surface area contributed by atoms with E-state index in [4.69, 9.17) is 5.84 Å². The van der Waals surface area contributed by atoms with Crippen LogP contribution in [-0.4, -0.2) is 16.0 Å². The van der Waals surface area contributed by atoms with Crippen LogP contribution in [0.4, 0.5) is 11.6 Å². The maximum absolute atomic E-state index is 5.48. The molecular weight excluding hydrogens is 238 g/mol. The van der Waals surface area contributed by atoms with Crippen molar-refractivity contribution in [2.45, 2.75) is 58.9 Å². The standard InChI is InChI=1S/C14H25N5/c1-4-6-11-17-12(9-13(18-11)19-15)16-10-7-5-8-14(10,2)3/h9-10H,4-8,15H2,1-3H3,(H2,16,17,18,19). The minimum atomic E-state index is 0.326. The summed E-state index contributed by atoms with van der Waals surface area (Å²) in [6, 6.07) is 2.36. The SMILES string of the molecule is CCCc1nc(NN)cc(NC2CCCC2(C)C)n1. The normalized spacial score (nSPS) is 21.4. The van der Waals surface area contributed by atoms with Crippen LogP contribution in [0.25, 0.3) is 0 Å². The fourth-order valence-electron chi connectivity index (χ4n) is 2.75. The number of nitrogen functional groups attached to an aromatic ring is 1. The Bertz CT molecular complexity index is 430. The molecule has 1 unspecified atom stereocenters. The van der Waals surface area contributed by atoms with Gasteiger partial charge >= 0.3 is 0 Å². The van der Waals surface area contributed by atoms with Gasteiger partial charge in [-0.25, -0.2) is 15.8 Å². The monoisotopic (exact) mass is 263 g/mol. The molecule has 0 aromatic carbocycles. The number of nitrogens with zero attached hydrogens (tertiary/aromatic N) is 2. The lowest BCUT2D eigenvalue weighted by atomic mass is 9.87. The third kappa shape index (κ3) is 3.35. The third-order valence-electron chi connectivity index (χ3n) is 3.97. The number of anilines is 2. The number of nitrogens with two attached hydrogens (primary N) is 1. The Kier molecular flexibility index (Phi) is 4.24. The first-order valence-electron chi connectivity index (χ1n) is 7.16. The number of aryl methyl sites for hydroxylation is 1. The zero-order chi connectivity index (χ0) is 13.9. The van der Waals surface area contributed by atoms with E-state index in [9.17, 15) is 0 Å². The highest BCUT2D eigenvalue weighted by molar-refractivity contribution is 5.47. The summed E-state index contributed by atoms with van der Waals surface area (Å²) in [5.74, 6) is 7.88. The lowest BCUT2D eigenvalue weighted by molar-refractivity contribution is 0.349. The Balaban J connectivity index is 2.17. The fourth-order valence-corrected chi connectivity index (χ4v) is 2.75. The van der Waals surface area contributed by atoms with Gasteiger partial charge < -0.3 is 10.7 Å². The first-order chi connectivity index (χ1) is 9.05. The molecule has 0 bridgehead atoms. The van der Waals surface area contributed by atoms with Crippen LogP contribution in [0.2, 0.25) is 0 Å². The van der Waals surface area contributed by atoms with E-state index in [0.717, 1.165) is 24.5 Å². The van der Waals surface area contributed by atoms with Gasteiger partial charge in [-0.2, -0.15) is 0 Å². The highest BCUT2D eigenvalue weighted by Crippen LogP contribution is 2.38. The average Bonchev–Trinajstić information content (AvgIpc) is 2.69. The topological polar surface area (TPSA) is 75.9 Å². The van der Waals surface area contributed by atoms with Crippen molar-refractivity contribution in [2.24, 2.45) is 11.3 Å². The van der Waals surface area contributed by atoms with Crippen molar-refractivity contribution in [2.75, 3.05) is 10.7 Å². The number of hydrogen-bond acceptors (Lipinski definition) is 5. The highest BCUT2D eigenvalue weighted by Gasteiger charge is 2.34. The molecule has 5 nitrogen and oxygen atoms in total. The molecule has 19 heavy (non-hydrogen) atoms. The van der Waals surface area contributed by atoms with E-state index in [1.54, 1.807) is 0 Å². The molecule has 1 heterocycles. The minimum absolute atomic E-state index is 0.326. The molecule has 1 aromatic heterocycles. The Morgan fingerprint density at radius 2 is 2.11 bits per heavy atom. The number of hydrazine groups is 1. The smallest absolute Gasteiger partial charge is 0.145 e. The van der Waals surface area contributed by atoms with Crippen LogP contribution in [0.3, 0.4) is 0 Å². The average molecular weight is 263 g/mol. The van der Waals surface area contributed by atoms with Crippen molar-refractivity contribution >= 4 is 11.6 Å². The van der Waals surface area contributed by atoms with Crippen molar-refractivity contribution < 1.29 is 0 Å². The fraction of sp³-hybridized carbons (Fsp3) is 0.714. The van der Waals surface area contributed by atoms with Gasteiger partial charge in [-0.1, -0.05) is 27.2 Å². The number of aromatic nitrogens is 2. The molecule has 1 aliphatic carbocycles. The van der Waals surface area contributed by atoms with E-state index in [1.807, 2.05) is 6.07 Å². The minimum Gasteiger partial charge on any atom is -0.367 e. The summed E-state index contributed by atoms with van der Waals surface area (Å²) in [7, 11) is 0. The molecule has 1 atom stereocenters. The zero-order valence-corrected chi connectivity index (χ0v) is 12.2. The quantitative estimate of drug-likeness (QED) is 0.562. The summed E-state index contributed by atoms with van der Waals surface area (Å²) in [6.07, 6.45) is 5.64. The lowest BCUT2D eigenvalue weighted by Gasteiger charge is -2.28. The van der Waals surface area contributed by atoms with Crippen molar-refractivity contribution in [1.29, 1.82) is 0 Å². The molecule has 1 aromatic rings. The predicted molar refractivity (Wildman–Crippen MR) is 78.9 cm³/mol. The summed E-state index contributed by atoms with van der Waals surface area (Å²) in [4.78, 5) is 8.95. The molecule has 5 heteroatoms. The van der Waals surface area contributed by atoms with Gasteiger partial charge in [0.2, 0.25) is 0 Å². The second-order valence-corrected chi connectivity index (χ2v) is 6.03. The van der Waals surface area contributed by atoms with Crippen molar-refractivity contribution in [3.05, 3.63) is 11.9 Å². The van der Waals surface area contributed by atoms with Gasteiger partial charge in [-0.05, 0) is 24.7 Å². The summed E-state index contributed by atoms with van der Waals surface area (Å²) in [6.45, 7) is 6.75. The predicted octanol–water partition coefficient (Wildman–Crippen LogP) is 2.71. The number of hydrogen-bond donors (Lipinski definition) is 3. The van der Waals surface area contributed by atoms with Crippen molar-refractivity contribution in [3.63, 3.8) is 0 Å². The molecule has 0 amide bonds. The maximum Gasteiger partial charge on any atom is 0.145 e. The van der Waals surface area contributed by atoms with E-state index in [2.05, 4.69) is 41.5 Å². The van der Waals surface area contributed by atoms with Gasteiger partial charge in [0.1, 0.15) is 17.5 Å². The van der Waals surface area contributed by atoms with E-state index in [0.29, 0.717) is 17.3 Å². The maximum atomic E-state index is 5.48. The molecule has 1 saturated carbocycles.